The Kier molecular flexibility index (Phi) is 5.77. The van der Waals surface area contributed by atoms with Crippen LogP contribution in [0.1, 0.15) is 52.0 Å². The van der Waals surface area contributed by atoms with Crippen molar-refractivity contribution in [1.29, 1.82) is 0 Å². The highest BCUT2D eigenvalue weighted by Gasteiger charge is 2.39. The van der Waals surface area contributed by atoms with Gasteiger partial charge < -0.3 is 25.2 Å². The second kappa shape index (κ2) is 7.47. The molecule has 0 bridgehead atoms. The molecule has 1 amide bonds. The number of ether oxygens (including phenoxy) is 2. The number of aromatic nitrogens is 1. The number of carbonyl (C=O) groups is 1. The molecule has 0 saturated carbocycles. The Balaban J connectivity index is 2.23. The predicted molar refractivity (Wildman–Crippen MR) is 95.6 cm³/mol. The van der Waals surface area contributed by atoms with Crippen molar-refractivity contribution in [2.45, 2.75) is 64.1 Å². The molecule has 2 rings (SSSR count). The van der Waals surface area contributed by atoms with E-state index in [1.54, 1.807) is 24.3 Å². The minimum atomic E-state index is -0.572. The molecule has 1 aliphatic heterocycles. The third kappa shape index (κ3) is 4.54. The van der Waals surface area contributed by atoms with Gasteiger partial charge in [-0.1, -0.05) is 0 Å². The van der Waals surface area contributed by atoms with Gasteiger partial charge in [0.1, 0.15) is 17.2 Å². The van der Waals surface area contributed by atoms with Crippen LogP contribution in [0.3, 0.4) is 0 Å². The standard InChI is InChI=1S/C18H29N3O4/c1-11-6-12(14-9-20-16(19)8-15(14)24-5)7-13(10-22)21(11)17(23)25-18(2,3)4/h8-9,11-13,22H,6-7,10H2,1-5H3,(H2,19,20). The lowest BCUT2D eigenvalue weighted by atomic mass is 9.82. The molecule has 7 heteroatoms. The number of pyridine rings is 1. The molecule has 7 nitrogen and oxygen atoms in total. The van der Waals surface area contributed by atoms with E-state index in [9.17, 15) is 9.90 Å². The van der Waals surface area contributed by atoms with Gasteiger partial charge >= 0.3 is 6.09 Å². The topological polar surface area (TPSA) is 97.9 Å². The number of carbonyl (C=O) groups excluding carboxylic acids is 1. The van der Waals surface area contributed by atoms with E-state index in [4.69, 9.17) is 15.2 Å². The van der Waals surface area contributed by atoms with Gasteiger partial charge in [-0.2, -0.15) is 0 Å². The summed E-state index contributed by atoms with van der Waals surface area (Å²) < 4.78 is 10.9. The van der Waals surface area contributed by atoms with Gasteiger partial charge in [-0.15, -0.1) is 0 Å². The second-order valence-electron chi connectivity index (χ2n) is 7.59. The van der Waals surface area contributed by atoms with Crippen molar-refractivity contribution in [2.24, 2.45) is 0 Å². The van der Waals surface area contributed by atoms with Gasteiger partial charge in [-0.05, 0) is 46.5 Å². The molecule has 2 heterocycles. The summed E-state index contributed by atoms with van der Waals surface area (Å²) in [7, 11) is 1.60. The number of nitrogens with two attached hydrogens (primary N) is 1. The molecule has 1 aliphatic rings. The Morgan fingerprint density at radius 1 is 1.44 bits per heavy atom. The summed E-state index contributed by atoms with van der Waals surface area (Å²) in [5, 5.41) is 9.85. The molecule has 3 atom stereocenters. The average Bonchev–Trinajstić information content (AvgIpc) is 2.51. The SMILES string of the molecule is COc1cc(N)ncc1C1CC(C)N(C(=O)OC(C)(C)C)C(CO)C1. The zero-order valence-electron chi connectivity index (χ0n) is 15.7. The Hall–Kier alpha value is -2.02. The van der Waals surface area contributed by atoms with Crippen molar-refractivity contribution in [3.63, 3.8) is 0 Å². The van der Waals surface area contributed by atoms with E-state index in [-0.39, 0.29) is 30.7 Å². The molecule has 1 saturated heterocycles. The predicted octanol–water partition coefficient (Wildman–Crippen LogP) is 2.54. The maximum absolute atomic E-state index is 12.5. The number of methoxy groups -OCH3 is 1. The Bertz CT molecular complexity index is 615. The number of hydrogen-bond donors (Lipinski definition) is 2. The average molecular weight is 351 g/mol. The number of anilines is 1. The summed E-state index contributed by atoms with van der Waals surface area (Å²) in [5.74, 6) is 1.21. The lowest BCUT2D eigenvalue weighted by Gasteiger charge is -2.43. The molecule has 0 aliphatic carbocycles. The quantitative estimate of drug-likeness (QED) is 0.868. The molecule has 0 spiro atoms. The first kappa shape index (κ1) is 19.3. The number of piperidine rings is 1. The van der Waals surface area contributed by atoms with Crippen LogP contribution < -0.4 is 10.5 Å². The van der Waals surface area contributed by atoms with E-state index in [0.29, 0.717) is 18.0 Å². The third-order valence-corrected chi connectivity index (χ3v) is 4.44. The maximum atomic E-state index is 12.5. The largest absolute Gasteiger partial charge is 0.496 e. The van der Waals surface area contributed by atoms with Gasteiger partial charge in [-0.3, -0.25) is 0 Å². The van der Waals surface area contributed by atoms with Crippen LogP contribution in [0, 0.1) is 0 Å². The molecule has 140 valence electrons. The van der Waals surface area contributed by atoms with Gasteiger partial charge in [0, 0.05) is 23.9 Å². The molecular formula is C18H29N3O4. The zero-order chi connectivity index (χ0) is 18.8. The van der Waals surface area contributed by atoms with E-state index in [0.717, 1.165) is 12.0 Å². The van der Waals surface area contributed by atoms with E-state index >= 15 is 0 Å². The normalized spacial score (nSPS) is 24.1. The maximum Gasteiger partial charge on any atom is 0.410 e. The van der Waals surface area contributed by atoms with E-state index in [1.807, 2.05) is 27.7 Å². The van der Waals surface area contributed by atoms with Crippen LogP contribution >= 0.6 is 0 Å². The van der Waals surface area contributed by atoms with E-state index in [2.05, 4.69) is 4.98 Å². The second-order valence-corrected chi connectivity index (χ2v) is 7.59. The fraction of sp³-hybridized carbons (Fsp3) is 0.667. The molecular weight excluding hydrogens is 322 g/mol. The van der Waals surface area contributed by atoms with Crippen molar-refractivity contribution < 1.29 is 19.4 Å². The molecule has 1 aromatic heterocycles. The zero-order valence-corrected chi connectivity index (χ0v) is 15.7. The monoisotopic (exact) mass is 351 g/mol. The number of aliphatic hydroxyl groups is 1. The van der Waals surface area contributed by atoms with Crippen LogP contribution in [0.4, 0.5) is 10.6 Å². The van der Waals surface area contributed by atoms with Crippen molar-refractivity contribution in [3.8, 4) is 5.75 Å². The molecule has 0 radical (unpaired) electrons. The summed E-state index contributed by atoms with van der Waals surface area (Å²) in [4.78, 5) is 18.4. The number of likely N-dealkylation sites (tertiary alicyclic amines) is 1. The summed E-state index contributed by atoms with van der Waals surface area (Å²) in [6, 6.07) is 1.31. The minimum Gasteiger partial charge on any atom is -0.496 e. The van der Waals surface area contributed by atoms with Crippen molar-refractivity contribution in [2.75, 3.05) is 19.5 Å². The lowest BCUT2D eigenvalue weighted by Crippen LogP contribution is -2.53. The van der Waals surface area contributed by atoms with Crippen LogP contribution in [0.5, 0.6) is 5.75 Å². The molecule has 3 unspecified atom stereocenters. The van der Waals surface area contributed by atoms with Crippen molar-refractivity contribution in [1.82, 2.24) is 9.88 Å². The molecule has 3 N–H and O–H groups in total. The van der Waals surface area contributed by atoms with Crippen LogP contribution in [0.2, 0.25) is 0 Å². The van der Waals surface area contributed by atoms with Gasteiger partial charge in [0.25, 0.3) is 0 Å². The smallest absolute Gasteiger partial charge is 0.410 e. The van der Waals surface area contributed by atoms with E-state index < -0.39 is 5.60 Å². The highest BCUT2D eigenvalue weighted by molar-refractivity contribution is 5.69. The van der Waals surface area contributed by atoms with Gasteiger partial charge in [-0.25, -0.2) is 9.78 Å². The Morgan fingerprint density at radius 3 is 2.68 bits per heavy atom. The van der Waals surface area contributed by atoms with Gasteiger partial charge in [0.05, 0.1) is 19.8 Å². The number of rotatable bonds is 3. The molecule has 25 heavy (non-hydrogen) atoms. The minimum absolute atomic E-state index is 0.0759. The molecule has 1 aromatic rings. The van der Waals surface area contributed by atoms with E-state index in [1.165, 1.54) is 0 Å². The highest BCUT2D eigenvalue weighted by Crippen LogP contribution is 2.39. The molecule has 0 aromatic carbocycles. The number of hydrogen-bond acceptors (Lipinski definition) is 6. The van der Waals surface area contributed by atoms with Crippen molar-refractivity contribution in [3.05, 3.63) is 17.8 Å². The summed E-state index contributed by atoms with van der Waals surface area (Å²) in [6.45, 7) is 7.35. The van der Waals surface area contributed by atoms with Crippen LogP contribution in [0.15, 0.2) is 12.3 Å². The molecule has 1 fully saturated rings. The lowest BCUT2D eigenvalue weighted by molar-refractivity contribution is -0.0153. The van der Waals surface area contributed by atoms with Crippen LogP contribution in [-0.4, -0.2) is 52.5 Å². The number of amides is 1. The van der Waals surface area contributed by atoms with Crippen molar-refractivity contribution >= 4 is 11.9 Å². The third-order valence-electron chi connectivity index (χ3n) is 4.44. The highest BCUT2D eigenvalue weighted by atomic mass is 16.6. The van der Waals surface area contributed by atoms with Gasteiger partial charge in [0.15, 0.2) is 0 Å². The Morgan fingerprint density at radius 2 is 2.12 bits per heavy atom. The van der Waals surface area contributed by atoms with Crippen LogP contribution in [-0.2, 0) is 4.74 Å². The fourth-order valence-electron chi connectivity index (χ4n) is 3.43. The fourth-order valence-corrected chi connectivity index (χ4v) is 3.43. The first-order valence-corrected chi connectivity index (χ1v) is 8.57. The summed E-state index contributed by atoms with van der Waals surface area (Å²) in [5.41, 5.74) is 6.11. The Labute approximate surface area is 149 Å². The first-order valence-electron chi connectivity index (χ1n) is 8.57. The summed E-state index contributed by atoms with van der Waals surface area (Å²) in [6.07, 6.45) is 2.68. The summed E-state index contributed by atoms with van der Waals surface area (Å²) >= 11 is 0. The number of nitrogen functional groups attached to an aromatic ring is 1. The number of aliphatic hydroxyl groups excluding tert-OH is 1. The van der Waals surface area contributed by atoms with Gasteiger partial charge in [0.2, 0.25) is 0 Å². The van der Waals surface area contributed by atoms with Crippen LogP contribution in [0.25, 0.3) is 0 Å². The first-order chi connectivity index (χ1) is 11.7. The number of nitrogens with zero attached hydrogens (tertiary/aromatic N) is 2.